The van der Waals surface area contributed by atoms with Gasteiger partial charge in [-0.3, -0.25) is 0 Å². The predicted molar refractivity (Wildman–Crippen MR) is 100 cm³/mol. The van der Waals surface area contributed by atoms with Gasteiger partial charge in [0.1, 0.15) is 0 Å². The Morgan fingerprint density at radius 2 is 0.762 bits per heavy atom. The maximum Gasteiger partial charge on any atom is -0.0312 e. The third-order valence-electron chi connectivity index (χ3n) is 2.86. The second kappa shape index (κ2) is 11.9. The van der Waals surface area contributed by atoms with Gasteiger partial charge in [0.15, 0.2) is 0 Å². The largest absolute Gasteiger partial charge is 0.0312 e. The molecule has 2 aliphatic carbocycles. The molecule has 0 spiro atoms. The first-order valence-electron chi connectivity index (χ1n) is 7.35. The van der Waals surface area contributed by atoms with E-state index in [1.165, 1.54) is 0 Å². The summed E-state index contributed by atoms with van der Waals surface area (Å²) in [5.41, 5.74) is 0. The van der Waals surface area contributed by atoms with Crippen LogP contribution in [0.3, 0.4) is 0 Å². The summed E-state index contributed by atoms with van der Waals surface area (Å²) in [6.07, 6.45) is 21.7. The van der Waals surface area contributed by atoms with Crippen molar-refractivity contribution in [3.63, 3.8) is 0 Å². The first-order valence-corrected chi connectivity index (χ1v) is 19.3. The summed E-state index contributed by atoms with van der Waals surface area (Å²) in [4.78, 5) is 1.10. The Morgan fingerprint density at radius 1 is 0.571 bits per heavy atom. The molecular formula is C17H29PSi2W. The SMILES string of the molecule is C[Si](C)(C)C([P]=[W])[Si](C)(C)C.[CH]1[CH][CH][CH][CH]1.[CH]1[CH][CH][CH][CH]1. The van der Waals surface area contributed by atoms with Crippen molar-refractivity contribution < 1.29 is 18.8 Å². The Morgan fingerprint density at radius 3 is 0.810 bits per heavy atom. The van der Waals surface area contributed by atoms with Crippen LogP contribution in [0.1, 0.15) is 0 Å². The van der Waals surface area contributed by atoms with E-state index in [2.05, 4.69) is 39.3 Å². The van der Waals surface area contributed by atoms with Crippen LogP contribution in [0.15, 0.2) is 0 Å². The van der Waals surface area contributed by atoms with Crippen molar-refractivity contribution in [2.75, 3.05) is 0 Å². The van der Waals surface area contributed by atoms with Crippen molar-refractivity contribution in [3.8, 4) is 0 Å². The molecule has 4 heteroatoms. The van der Waals surface area contributed by atoms with Gasteiger partial charge in [-0.2, -0.15) is 0 Å². The van der Waals surface area contributed by atoms with Crippen molar-refractivity contribution in [2.45, 2.75) is 44.2 Å². The fraction of sp³-hybridized carbons (Fsp3) is 0.412. The van der Waals surface area contributed by atoms with Crippen LogP contribution in [-0.2, 0) is 18.8 Å². The molecule has 2 aliphatic rings. The molecule has 0 aliphatic heterocycles. The van der Waals surface area contributed by atoms with E-state index in [9.17, 15) is 0 Å². The second-order valence-corrected chi connectivity index (χ2v) is 22.3. The maximum absolute atomic E-state index is 2.52. The van der Waals surface area contributed by atoms with Crippen LogP contribution in [0.2, 0.25) is 39.3 Å². The molecule has 0 amide bonds. The van der Waals surface area contributed by atoms with Gasteiger partial charge in [0.25, 0.3) is 0 Å². The van der Waals surface area contributed by atoms with E-state index in [0.29, 0.717) is 0 Å². The molecule has 2 fully saturated rings. The molecule has 0 aromatic heterocycles. The van der Waals surface area contributed by atoms with E-state index in [1.54, 1.807) is 25.0 Å². The van der Waals surface area contributed by atoms with Gasteiger partial charge in [-0.15, -0.1) is 0 Å². The van der Waals surface area contributed by atoms with E-state index < -0.39 is 16.1 Å². The molecule has 0 aromatic rings. The van der Waals surface area contributed by atoms with Crippen LogP contribution < -0.4 is 0 Å². The normalized spacial score (nSPS) is 19.0. The summed E-state index contributed by atoms with van der Waals surface area (Å²) >= 11 is 1.76. The fourth-order valence-corrected chi connectivity index (χ4v) is 35.6. The number of hydrogen-bond donors (Lipinski definition) is 0. The summed E-state index contributed by atoms with van der Waals surface area (Å²) in [5.74, 6) is 0. The molecular weight excluding hydrogens is 475 g/mol. The summed E-state index contributed by atoms with van der Waals surface area (Å²) in [7, 11) is -1.70. The van der Waals surface area contributed by atoms with Gasteiger partial charge in [-0.1, -0.05) is 0 Å². The van der Waals surface area contributed by atoms with Crippen LogP contribution in [0, 0.1) is 64.2 Å². The van der Waals surface area contributed by atoms with Gasteiger partial charge in [0, 0.05) is 0 Å². The third-order valence-corrected chi connectivity index (χ3v) is 23.6. The van der Waals surface area contributed by atoms with Crippen molar-refractivity contribution in [3.05, 3.63) is 64.2 Å². The Kier molecular flexibility index (Phi) is 12.7. The van der Waals surface area contributed by atoms with Gasteiger partial charge < -0.3 is 0 Å². The minimum atomic E-state index is -0.852. The first kappa shape index (κ1) is 22.4. The Balaban J connectivity index is 0.000000325. The quantitative estimate of drug-likeness (QED) is 0.349. The molecule has 0 aromatic carbocycles. The summed E-state index contributed by atoms with van der Waals surface area (Å²) in [6.45, 7) is 15.1. The summed E-state index contributed by atoms with van der Waals surface area (Å²) in [5, 5.41) is 0. The topological polar surface area (TPSA) is 0 Å². The number of rotatable bonds is 3. The van der Waals surface area contributed by atoms with E-state index in [-0.39, 0.29) is 0 Å². The molecule has 0 atom stereocenters. The van der Waals surface area contributed by atoms with Crippen LogP contribution in [0.4, 0.5) is 0 Å². The monoisotopic (exact) mass is 504 g/mol. The molecule has 0 bridgehead atoms. The van der Waals surface area contributed by atoms with Crippen LogP contribution in [-0.4, -0.2) is 21.1 Å². The average molecular weight is 504 g/mol. The van der Waals surface area contributed by atoms with Crippen molar-refractivity contribution in [2.24, 2.45) is 0 Å². The Bertz CT molecular complexity index is 222. The van der Waals surface area contributed by atoms with Crippen molar-refractivity contribution >= 4 is 22.4 Å². The molecule has 2 rings (SSSR count). The van der Waals surface area contributed by atoms with Crippen LogP contribution in [0.5, 0.6) is 0 Å². The van der Waals surface area contributed by atoms with Crippen LogP contribution >= 0.6 is 6.21 Å². The molecule has 21 heavy (non-hydrogen) atoms. The van der Waals surface area contributed by atoms with Gasteiger partial charge in [0.2, 0.25) is 0 Å². The van der Waals surface area contributed by atoms with E-state index >= 15 is 0 Å². The number of hydrogen-bond acceptors (Lipinski definition) is 0. The fourth-order valence-electron chi connectivity index (χ4n) is 2.26. The Hall–Kier alpha value is 1.42. The molecule has 0 saturated heterocycles. The smallest absolute Gasteiger partial charge is 0.0312 e. The third kappa shape index (κ3) is 12.5. The van der Waals surface area contributed by atoms with Crippen molar-refractivity contribution in [1.29, 1.82) is 0 Å². The van der Waals surface area contributed by atoms with Gasteiger partial charge in [-0.25, -0.2) is 0 Å². The molecule has 10 radical (unpaired) electrons. The molecule has 0 nitrogen and oxygen atoms in total. The van der Waals surface area contributed by atoms with Gasteiger partial charge >= 0.3 is 85.4 Å². The minimum Gasteiger partial charge on any atom is -0.0312 e. The van der Waals surface area contributed by atoms with Gasteiger partial charge in [-0.05, 0) is 64.2 Å². The second-order valence-electron chi connectivity index (χ2n) is 7.16. The van der Waals surface area contributed by atoms with E-state index in [4.69, 9.17) is 0 Å². The van der Waals surface area contributed by atoms with Gasteiger partial charge in [0.05, 0.1) is 0 Å². The standard InChI is InChI=1S/C7H19PSi2.2C5H5.W/c1-9(2,3)7(8)10(4,5)6;2*1-2-4-5-3-1;/h7H,1-6H3;2*1-5H;. The molecule has 0 N–H and O–H groups in total. The average Bonchev–Trinajstić information content (AvgIpc) is 3.06. The van der Waals surface area contributed by atoms with E-state index in [0.717, 1.165) is 4.91 Å². The zero-order valence-electron chi connectivity index (χ0n) is 14.2. The van der Waals surface area contributed by atoms with Crippen molar-refractivity contribution in [1.82, 2.24) is 0 Å². The Labute approximate surface area is 149 Å². The summed E-state index contributed by atoms with van der Waals surface area (Å²) < 4.78 is 0. The molecule has 116 valence electrons. The predicted octanol–water partition coefficient (Wildman–Crippen LogP) is 5.56. The van der Waals surface area contributed by atoms with Crippen LogP contribution in [0.25, 0.3) is 0 Å². The maximum atomic E-state index is 2.52. The zero-order valence-corrected chi connectivity index (χ0v) is 20.0. The zero-order chi connectivity index (χ0) is 16.4. The summed E-state index contributed by atoms with van der Waals surface area (Å²) in [6, 6.07) is 0. The first-order chi connectivity index (χ1) is 9.69. The molecule has 0 heterocycles. The minimum absolute atomic E-state index is 0.852. The molecule has 0 unspecified atom stereocenters. The van der Waals surface area contributed by atoms with E-state index in [1.807, 2.05) is 64.2 Å². The molecule has 2 saturated carbocycles.